The van der Waals surface area contributed by atoms with Crippen molar-refractivity contribution in [3.05, 3.63) is 28.9 Å². The highest BCUT2D eigenvalue weighted by Crippen LogP contribution is 2.23. The van der Waals surface area contributed by atoms with Crippen molar-refractivity contribution in [1.82, 2.24) is 20.3 Å². The molecule has 0 spiro atoms. The van der Waals surface area contributed by atoms with Crippen LogP contribution in [-0.4, -0.2) is 21.0 Å². The smallest absolute Gasteiger partial charge is 0.174 e. The van der Waals surface area contributed by atoms with E-state index in [1.54, 1.807) is 0 Å². The van der Waals surface area contributed by atoms with Crippen molar-refractivity contribution in [3.63, 3.8) is 0 Å². The van der Waals surface area contributed by atoms with Gasteiger partial charge in [0, 0.05) is 25.7 Å². The second-order valence-electron chi connectivity index (χ2n) is 5.35. The molecule has 1 N–H and O–H groups in total. The van der Waals surface area contributed by atoms with Crippen LogP contribution in [0.1, 0.15) is 35.7 Å². The number of aromatic nitrogens is 3. The predicted octanol–water partition coefficient (Wildman–Crippen LogP) is 1.86. The van der Waals surface area contributed by atoms with E-state index in [0.717, 1.165) is 35.1 Å². The largest absolute Gasteiger partial charge is 0.482 e. The summed E-state index contributed by atoms with van der Waals surface area (Å²) in [6.45, 7) is 5.07. The maximum Gasteiger partial charge on any atom is 0.174 e. The maximum atomic E-state index is 5.79. The third-order valence-corrected chi connectivity index (χ3v) is 3.56. The third-order valence-electron chi connectivity index (χ3n) is 3.56. The summed E-state index contributed by atoms with van der Waals surface area (Å²) in [5.74, 6) is 1.56. The Hall–Kier alpha value is -1.82. The van der Waals surface area contributed by atoms with Gasteiger partial charge in [0.15, 0.2) is 11.5 Å². The fourth-order valence-corrected chi connectivity index (χ4v) is 2.15. The first-order valence-electron chi connectivity index (χ1n) is 6.94. The quantitative estimate of drug-likeness (QED) is 0.872. The van der Waals surface area contributed by atoms with Crippen molar-refractivity contribution in [2.24, 2.45) is 7.05 Å². The Morgan fingerprint density at radius 1 is 1.45 bits per heavy atom. The highest BCUT2D eigenvalue weighted by molar-refractivity contribution is 5.31. The number of aryl methyl sites for hydroxylation is 2. The Bertz CT molecular complexity index is 598. The molecule has 2 aromatic rings. The summed E-state index contributed by atoms with van der Waals surface area (Å²) in [5.41, 5.74) is 2.83. The van der Waals surface area contributed by atoms with Crippen molar-refractivity contribution < 1.29 is 9.26 Å². The van der Waals surface area contributed by atoms with E-state index in [1.165, 1.54) is 12.8 Å². The molecule has 0 bridgehead atoms. The number of ether oxygens (including phenoxy) is 1. The van der Waals surface area contributed by atoms with Gasteiger partial charge in [-0.3, -0.25) is 4.68 Å². The van der Waals surface area contributed by atoms with Gasteiger partial charge in [0.2, 0.25) is 0 Å². The van der Waals surface area contributed by atoms with Crippen molar-refractivity contribution in [2.45, 2.75) is 45.9 Å². The Kier molecular flexibility index (Phi) is 3.48. The zero-order valence-electron chi connectivity index (χ0n) is 12.1. The molecule has 3 rings (SSSR count). The van der Waals surface area contributed by atoms with Gasteiger partial charge in [-0.05, 0) is 26.7 Å². The Labute approximate surface area is 118 Å². The van der Waals surface area contributed by atoms with Crippen LogP contribution in [0.3, 0.4) is 0 Å². The first kappa shape index (κ1) is 13.2. The first-order chi connectivity index (χ1) is 9.63. The van der Waals surface area contributed by atoms with E-state index in [2.05, 4.69) is 15.6 Å². The lowest BCUT2D eigenvalue weighted by Crippen LogP contribution is -2.15. The van der Waals surface area contributed by atoms with Crippen molar-refractivity contribution >= 4 is 0 Å². The zero-order chi connectivity index (χ0) is 14.1. The summed E-state index contributed by atoms with van der Waals surface area (Å²) in [6, 6.07) is 2.61. The van der Waals surface area contributed by atoms with E-state index >= 15 is 0 Å². The van der Waals surface area contributed by atoms with Crippen LogP contribution in [0.25, 0.3) is 0 Å². The molecular weight excluding hydrogens is 256 g/mol. The fraction of sp³-hybridized carbons (Fsp3) is 0.571. The molecule has 0 unspecified atom stereocenters. The van der Waals surface area contributed by atoms with Crippen LogP contribution < -0.4 is 10.1 Å². The zero-order valence-corrected chi connectivity index (χ0v) is 12.1. The first-order valence-corrected chi connectivity index (χ1v) is 6.94. The van der Waals surface area contributed by atoms with E-state index in [1.807, 2.05) is 31.6 Å². The minimum Gasteiger partial charge on any atom is -0.482 e. The van der Waals surface area contributed by atoms with E-state index in [9.17, 15) is 0 Å². The van der Waals surface area contributed by atoms with Crippen LogP contribution in [0, 0.1) is 13.8 Å². The average Bonchev–Trinajstić information content (AvgIpc) is 3.09. The summed E-state index contributed by atoms with van der Waals surface area (Å²) in [5, 5.41) is 11.8. The normalized spacial score (nSPS) is 14.8. The number of nitrogens with zero attached hydrogens (tertiary/aromatic N) is 3. The molecule has 0 radical (unpaired) electrons. The summed E-state index contributed by atoms with van der Waals surface area (Å²) in [4.78, 5) is 0. The van der Waals surface area contributed by atoms with Crippen molar-refractivity contribution in [2.75, 3.05) is 0 Å². The highest BCUT2D eigenvalue weighted by Gasteiger charge is 2.20. The Morgan fingerprint density at radius 2 is 2.25 bits per heavy atom. The van der Waals surface area contributed by atoms with E-state index in [4.69, 9.17) is 9.26 Å². The molecule has 6 heteroatoms. The lowest BCUT2D eigenvalue weighted by atomic mass is 10.3. The molecule has 1 aliphatic carbocycles. The number of rotatable bonds is 6. The summed E-state index contributed by atoms with van der Waals surface area (Å²) < 4.78 is 12.9. The Morgan fingerprint density at radius 3 is 2.90 bits per heavy atom. The molecule has 0 aliphatic heterocycles. The predicted molar refractivity (Wildman–Crippen MR) is 73.4 cm³/mol. The third kappa shape index (κ3) is 2.85. The van der Waals surface area contributed by atoms with Gasteiger partial charge in [-0.25, -0.2) is 0 Å². The molecule has 1 fully saturated rings. The second-order valence-corrected chi connectivity index (χ2v) is 5.35. The summed E-state index contributed by atoms with van der Waals surface area (Å²) in [6.07, 6.45) is 2.54. The van der Waals surface area contributed by atoms with Gasteiger partial charge in [-0.1, -0.05) is 5.16 Å². The van der Waals surface area contributed by atoms with E-state index in [-0.39, 0.29) is 0 Å². The van der Waals surface area contributed by atoms with Crippen molar-refractivity contribution in [1.29, 1.82) is 0 Å². The van der Waals surface area contributed by atoms with E-state index in [0.29, 0.717) is 12.6 Å². The molecule has 6 nitrogen and oxygen atoms in total. The molecule has 0 saturated heterocycles. The van der Waals surface area contributed by atoms with Crippen LogP contribution in [-0.2, 0) is 20.2 Å². The van der Waals surface area contributed by atoms with Crippen LogP contribution in [0.4, 0.5) is 0 Å². The van der Waals surface area contributed by atoms with Crippen LogP contribution in [0.15, 0.2) is 10.6 Å². The molecular formula is C14H20N4O2. The number of nitrogens with one attached hydrogen (secondary N) is 1. The monoisotopic (exact) mass is 276 g/mol. The molecule has 1 aliphatic rings. The highest BCUT2D eigenvalue weighted by atomic mass is 16.5. The molecule has 0 amide bonds. The number of hydrogen-bond acceptors (Lipinski definition) is 5. The van der Waals surface area contributed by atoms with Crippen LogP contribution in [0.5, 0.6) is 5.75 Å². The second kappa shape index (κ2) is 5.28. The molecule has 20 heavy (non-hydrogen) atoms. The van der Waals surface area contributed by atoms with Crippen LogP contribution in [0.2, 0.25) is 0 Å². The lowest BCUT2D eigenvalue weighted by Gasteiger charge is -2.03. The summed E-state index contributed by atoms with van der Waals surface area (Å²) in [7, 11) is 1.91. The number of hydrogen-bond donors (Lipinski definition) is 1. The van der Waals surface area contributed by atoms with Gasteiger partial charge in [-0.2, -0.15) is 5.10 Å². The molecule has 0 atom stereocenters. The molecule has 2 aromatic heterocycles. The van der Waals surface area contributed by atoms with Gasteiger partial charge < -0.3 is 14.6 Å². The summed E-state index contributed by atoms with van der Waals surface area (Å²) >= 11 is 0. The van der Waals surface area contributed by atoms with Gasteiger partial charge >= 0.3 is 0 Å². The molecule has 1 saturated carbocycles. The SMILES string of the molecule is Cc1nn(C)c(C)c1OCc1cc(CNC2CC2)no1. The Balaban J connectivity index is 1.57. The van der Waals surface area contributed by atoms with E-state index < -0.39 is 0 Å². The fourth-order valence-electron chi connectivity index (χ4n) is 2.15. The molecule has 2 heterocycles. The standard InChI is InChI=1S/C14H20N4O2/c1-9-14(10(2)18(3)16-9)19-8-13-6-12(17-20-13)7-15-11-4-5-11/h6,11,15H,4-5,7-8H2,1-3H3. The van der Waals surface area contributed by atoms with Crippen molar-refractivity contribution in [3.8, 4) is 5.75 Å². The van der Waals surface area contributed by atoms with Crippen LogP contribution >= 0.6 is 0 Å². The average molecular weight is 276 g/mol. The molecule has 0 aromatic carbocycles. The lowest BCUT2D eigenvalue weighted by molar-refractivity contribution is 0.245. The molecule has 108 valence electrons. The van der Waals surface area contributed by atoms with Gasteiger partial charge in [0.1, 0.15) is 12.3 Å². The van der Waals surface area contributed by atoms with Gasteiger partial charge in [0.05, 0.1) is 11.4 Å². The maximum absolute atomic E-state index is 5.79. The minimum atomic E-state index is 0.379. The topological polar surface area (TPSA) is 65.1 Å². The minimum absolute atomic E-state index is 0.379. The van der Waals surface area contributed by atoms with Gasteiger partial charge in [-0.15, -0.1) is 0 Å². The van der Waals surface area contributed by atoms with Gasteiger partial charge in [0.25, 0.3) is 0 Å².